The molecule has 0 bridgehead atoms. The predicted octanol–water partition coefficient (Wildman–Crippen LogP) is 6.77. The summed E-state index contributed by atoms with van der Waals surface area (Å²) >= 11 is 0. The van der Waals surface area contributed by atoms with Gasteiger partial charge in [-0.1, -0.05) is 75.7 Å². The second-order valence-corrected chi connectivity index (χ2v) is 14.1. The number of hydrazine groups is 2. The van der Waals surface area contributed by atoms with Crippen LogP contribution >= 0.6 is 0 Å². The summed E-state index contributed by atoms with van der Waals surface area (Å²) in [5.74, 6) is 3.35. The lowest BCUT2D eigenvalue weighted by atomic mass is 10.0. The van der Waals surface area contributed by atoms with Gasteiger partial charge in [0.15, 0.2) is 0 Å². The van der Waals surface area contributed by atoms with E-state index in [0.717, 1.165) is 49.9 Å². The number of hydrogen-bond acceptors (Lipinski definition) is 5. The molecule has 0 spiro atoms. The molecule has 8 unspecified atom stereocenters. The van der Waals surface area contributed by atoms with Crippen LogP contribution in [0.15, 0.2) is 24.3 Å². The van der Waals surface area contributed by atoms with Crippen LogP contribution in [0.5, 0.6) is 0 Å². The summed E-state index contributed by atoms with van der Waals surface area (Å²) in [5, 5.41) is 5.22. The Morgan fingerprint density at radius 1 is 0.538 bits per heavy atom. The highest BCUT2D eigenvalue weighted by Gasteiger charge is 2.41. The van der Waals surface area contributed by atoms with E-state index < -0.39 is 0 Å². The van der Waals surface area contributed by atoms with Crippen LogP contribution in [-0.4, -0.2) is 60.5 Å². The molecule has 0 aromatic rings. The van der Waals surface area contributed by atoms with Gasteiger partial charge in [-0.15, -0.1) is 0 Å². The van der Waals surface area contributed by atoms with Crippen molar-refractivity contribution < 1.29 is 4.74 Å². The highest BCUT2D eigenvalue weighted by atomic mass is 16.5. The Morgan fingerprint density at radius 2 is 1.00 bits per heavy atom. The molecule has 4 aliphatic heterocycles. The Kier molecular flexibility index (Phi) is 10.5. The summed E-state index contributed by atoms with van der Waals surface area (Å²) in [7, 11) is 0. The molecule has 0 aromatic heterocycles. The second-order valence-electron chi connectivity index (χ2n) is 14.1. The summed E-state index contributed by atoms with van der Waals surface area (Å²) in [6.07, 6.45) is 35.1. The third-order valence-electron chi connectivity index (χ3n) is 10.8. The van der Waals surface area contributed by atoms with Crippen LogP contribution in [0.4, 0.5) is 0 Å². The first-order chi connectivity index (χ1) is 19.3. The molecule has 6 aliphatic rings. The quantitative estimate of drug-likeness (QED) is 0.380. The van der Waals surface area contributed by atoms with E-state index in [1.165, 1.54) is 116 Å². The molecular formula is C34H58N4O. The fourth-order valence-corrected chi connectivity index (χ4v) is 7.99. The topological polar surface area (TPSA) is 39.8 Å². The maximum atomic E-state index is 6.95. The Balaban J connectivity index is 1.01. The van der Waals surface area contributed by atoms with Gasteiger partial charge in [-0.2, -0.15) is 0 Å². The highest BCUT2D eigenvalue weighted by Crippen LogP contribution is 2.40. The molecule has 2 saturated heterocycles. The molecule has 8 atom stereocenters. The number of allylic oxidation sites excluding steroid dienone is 4. The summed E-state index contributed by atoms with van der Waals surface area (Å²) in [4.78, 5) is 0. The van der Waals surface area contributed by atoms with Gasteiger partial charge in [-0.05, 0) is 87.9 Å². The van der Waals surface area contributed by atoms with E-state index in [1.54, 1.807) is 0 Å². The standard InChI is InChI=1S/C34H58N4O/c1-3-7-11-15-27-19-29(27)23-35-37-25-33(21-31(37)17-13-9-5-1)39-34-22-32-18-14-10-6-2-4-8-12-16-28-20-30(28)24-36-38(32)26-34/h11-12,15-16,27-36H,1-10,13-14,17-26H2/b15-11-,16-12-. The molecule has 0 amide bonds. The lowest BCUT2D eigenvalue weighted by molar-refractivity contribution is -0.00574. The number of fused-ring (bicyclic) bond motifs is 4. The van der Waals surface area contributed by atoms with Gasteiger partial charge in [0.25, 0.3) is 0 Å². The Hall–Kier alpha value is -0.720. The zero-order chi connectivity index (χ0) is 26.3. The maximum absolute atomic E-state index is 6.95. The number of ether oxygens (including phenoxy) is 1. The largest absolute Gasteiger partial charge is 0.372 e. The Bertz CT molecular complexity index is 736. The molecule has 2 N–H and O–H groups in total. The minimum absolute atomic E-state index is 0.387. The smallest absolute Gasteiger partial charge is 0.0736 e. The van der Waals surface area contributed by atoms with Gasteiger partial charge in [0, 0.05) is 38.3 Å². The van der Waals surface area contributed by atoms with E-state index in [4.69, 9.17) is 4.74 Å². The number of nitrogens with one attached hydrogen (secondary N) is 2. The normalized spacial score (nSPS) is 43.3. The first kappa shape index (κ1) is 28.4. The van der Waals surface area contributed by atoms with Crippen molar-refractivity contribution in [1.82, 2.24) is 20.9 Å². The van der Waals surface area contributed by atoms with Crippen molar-refractivity contribution in [2.75, 3.05) is 26.2 Å². The van der Waals surface area contributed by atoms with Gasteiger partial charge in [0.05, 0.1) is 12.2 Å². The molecule has 5 nitrogen and oxygen atoms in total. The number of rotatable bonds is 2. The molecule has 4 fully saturated rings. The molecule has 39 heavy (non-hydrogen) atoms. The van der Waals surface area contributed by atoms with Gasteiger partial charge < -0.3 is 4.74 Å². The van der Waals surface area contributed by atoms with Gasteiger partial charge in [-0.3, -0.25) is 10.9 Å². The first-order valence-electron chi connectivity index (χ1n) is 17.3. The number of nitrogens with zero attached hydrogens (tertiary/aromatic N) is 2. The molecule has 6 rings (SSSR count). The van der Waals surface area contributed by atoms with Crippen LogP contribution in [0, 0.1) is 23.7 Å². The monoisotopic (exact) mass is 538 g/mol. The zero-order valence-electron chi connectivity index (χ0n) is 24.8. The van der Waals surface area contributed by atoms with Crippen molar-refractivity contribution in [3.8, 4) is 0 Å². The van der Waals surface area contributed by atoms with Gasteiger partial charge in [0.1, 0.15) is 0 Å². The summed E-state index contributed by atoms with van der Waals surface area (Å²) in [6, 6.07) is 1.30. The van der Waals surface area contributed by atoms with Crippen molar-refractivity contribution in [3.63, 3.8) is 0 Å². The van der Waals surface area contributed by atoms with E-state index in [9.17, 15) is 0 Å². The van der Waals surface area contributed by atoms with Crippen molar-refractivity contribution in [1.29, 1.82) is 0 Å². The summed E-state index contributed by atoms with van der Waals surface area (Å²) in [5.41, 5.74) is 7.81. The molecule has 0 radical (unpaired) electrons. The lowest BCUT2D eigenvalue weighted by Crippen LogP contribution is -2.44. The van der Waals surface area contributed by atoms with Crippen LogP contribution in [0.25, 0.3) is 0 Å². The van der Waals surface area contributed by atoms with Gasteiger partial charge >= 0.3 is 0 Å². The minimum atomic E-state index is 0.387. The predicted molar refractivity (Wildman–Crippen MR) is 161 cm³/mol. The van der Waals surface area contributed by atoms with E-state index in [0.29, 0.717) is 24.3 Å². The van der Waals surface area contributed by atoms with E-state index in [-0.39, 0.29) is 0 Å². The van der Waals surface area contributed by atoms with Crippen LogP contribution < -0.4 is 10.9 Å². The van der Waals surface area contributed by atoms with E-state index >= 15 is 0 Å². The number of hydrogen-bond donors (Lipinski definition) is 2. The fraction of sp³-hybridized carbons (Fsp3) is 0.882. The lowest BCUT2D eigenvalue weighted by Gasteiger charge is -2.25. The highest BCUT2D eigenvalue weighted by molar-refractivity contribution is 5.04. The fourth-order valence-electron chi connectivity index (χ4n) is 7.99. The molecule has 2 aliphatic carbocycles. The summed E-state index contributed by atoms with van der Waals surface area (Å²) < 4.78 is 6.95. The van der Waals surface area contributed by atoms with E-state index in [2.05, 4.69) is 45.2 Å². The molecule has 0 aromatic carbocycles. The molecule has 4 heterocycles. The van der Waals surface area contributed by atoms with Gasteiger partial charge in [-0.25, -0.2) is 10.0 Å². The minimum Gasteiger partial charge on any atom is -0.372 e. The zero-order valence-corrected chi connectivity index (χ0v) is 24.8. The Labute approximate surface area is 239 Å². The second kappa shape index (κ2) is 14.4. The summed E-state index contributed by atoms with van der Waals surface area (Å²) in [6.45, 7) is 4.45. The van der Waals surface area contributed by atoms with Gasteiger partial charge in [0.2, 0.25) is 0 Å². The van der Waals surface area contributed by atoms with Crippen LogP contribution in [0.2, 0.25) is 0 Å². The molecule has 220 valence electrons. The Morgan fingerprint density at radius 3 is 1.51 bits per heavy atom. The third-order valence-corrected chi connectivity index (χ3v) is 10.8. The molecular weight excluding hydrogens is 480 g/mol. The van der Waals surface area contributed by atoms with E-state index in [1.807, 2.05) is 0 Å². The maximum Gasteiger partial charge on any atom is 0.0736 e. The van der Waals surface area contributed by atoms with Crippen molar-refractivity contribution in [2.24, 2.45) is 23.7 Å². The molecule has 5 heteroatoms. The first-order valence-corrected chi connectivity index (χ1v) is 17.3. The average Bonchev–Trinajstić information content (AvgIpc) is 3.79. The van der Waals surface area contributed by atoms with Crippen LogP contribution in [0.1, 0.15) is 116 Å². The van der Waals surface area contributed by atoms with Crippen molar-refractivity contribution in [3.05, 3.63) is 24.3 Å². The third kappa shape index (κ3) is 8.64. The molecule has 2 saturated carbocycles. The van der Waals surface area contributed by atoms with Crippen molar-refractivity contribution in [2.45, 2.75) is 140 Å². The average molecular weight is 539 g/mol. The SMILES string of the molecule is C1=C\C2CC2CNN2CC(OC3CC4CCCCCCC/C=C\C5CC5CNN4C3)CC2CCCCCCC/1. The van der Waals surface area contributed by atoms with Crippen LogP contribution in [0.3, 0.4) is 0 Å². The van der Waals surface area contributed by atoms with Crippen molar-refractivity contribution >= 4 is 0 Å². The van der Waals surface area contributed by atoms with Crippen LogP contribution in [-0.2, 0) is 4.74 Å².